The summed E-state index contributed by atoms with van der Waals surface area (Å²) < 4.78 is 6.19. The van der Waals surface area contributed by atoms with E-state index in [0.717, 1.165) is 4.57 Å². The van der Waals surface area contributed by atoms with Crippen molar-refractivity contribution in [2.75, 3.05) is 12.3 Å². The first-order chi connectivity index (χ1) is 8.04. The van der Waals surface area contributed by atoms with Crippen molar-refractivity contribution in [1.82, 2.24) is 9.55 Å². The maximum atomic E-state index is 11.5. The molecule has 0 aliphatic carbocycles. The second kappa shape index (κ2) is 5.44. The Morgan fingerprint density at radius 2 is 2.11 bits per heavy atom. The van der Waals surface area contributed by atoms with Gasteiger partial charge < -0.3 is 25.8 Å². The second-order valence-corrected chi connectivity index (χ2v) is 3.77. The zero-order chi connectivity index (χ0) is 12.6. The molecule has 8 nitrogen and oxygen atoms in total. The molecule has 1 aliphatic heterocycles. The summed E-state index contributed by atoms with van der Waals surface area (Å²) in [7, 11) is 0. The van der Waals surface area contributed by atoms with Crippen LogP contribution in [0.25, 0.3) is 0 Å². The second-order valence-electron chi connectivity index (χ2n) is 3.77. The van der Waals surface area contributed by atoms with E-state index in [1.165, 1.54) is 12.3 Å². The Balaban J connectivity index is 0.00000162. The van der Waals surface area contributed by atoms with Crippen molar-refractivity contribution in [3.05, 3.63) is 22.7 Å². The topological polar surface area (TPSA) is 131 Å². The van der Waals surface area contributed by atoms with Gasteiger partial charge >= 0.3 is 5.69 Å². The molecule has 4 atom stereocenters. The molecule has 0 spiro atoms. The van der Waals surface area contributed by atoms with Crippen LogP contribution in [0, 0.1) is 0 Å². The van der Waals surface area contributed by atoms with Gasteiger partial charge in [0.25, 0.3) is 0 Å². The smallest absolute Gasteiger partial charge is 0.351 e. The lowest BCUT2D eigenvalue weighted by Crippen LogP contribution is -2.36. The fourth-order valence-corrected chi connectivity index (χ4v) is 1.73. The molecule has 2 heterocycles. The van der Waals surface area contributed by atoms with Crippen LogP contribution in [0.2, 0.25) is 0 Å². The number of anilines is 1. The van der Waals surface area contributed by atoms with Crippen LogP contribution in [-0.4, -0.2) is 49.8 Å². The molecule has 0 radical (unpaired) electrons. The van der Waals surface area contributed by atoms with Crippen LogP contribution >= 0.6 is 0 Å². The van der Waals surface area contributed by atoms with Crippen LogP contribution in [-0.2, 0) is 4.74 Å². The van der Waals surface area contributed by atoms with Gasteiger partial charge in [0.15, 0.2) is 6.23 Å². The summed E-state index contributed by atoms with van der Waals surface area (Å²) in [5, 5.41) is 28.2. The number of rotatable bonds is 2. The van der Waals surface area contributed by atoms with Crippen LogP contribution in [0.5, 0.6) is 0 Å². The number of aliphatic hydroxyl groups is 3. The van der Waals surface area contributed by atoms with Gasteiger partial charge in [-0.25, -0.2) is 4.79 Å². The van der Waals surface area contributed by atoms with E-state index < -0.39 is 36.8 Å². The number of nitrogens with zero attached hydrogens (tertiary/aromatic N) is 2. The summed E-state index contributed by atoms with van der Waals surface area (Å²) in [6.45, 7) is -0.453. The fourth-order valence-electron chi connectivity index (χ4n) is 1.73. The highest BCUT2D eigenvalue weighted by atomic mass is 16.6. The third-order valence-corrected chi connectivity index (χ3v) is 2.64. The van der Waals surface area contributed by atoms with Gasteiger partial charge in [0.1, 0.15) is 24.1 Å². The zero-order valence-corrected chi connectivity index (χ0v) is 8.80. The highest BCUT2D eigenvalue weighted by Gasteiger charge is 2.43. The molecule has 1 aromatic rings. The van der Waals surface area contributed by atoms with Crippen molar-refractivity contribution in [2.24, 2.45) is 0 Å². The van der Waals surface area contributed by atoms with Gasteiger partial charge in [-0.05, 0) is 6.07 Å². The zero-order valence-electron chi connectivity index (χ0n) is 8.80. The van der Waals surface area contributed by atoms with Gasteiger partial charge in [-0.3, -0.25) is 4.57 Å². The minimum absolute atomic E-state index is 0. The van der Waals surface area contributed by atoms with Crippen LogP contribution < -0.4 is 11.4 Å². The number of nitrogens with two attached hydrogens (primary N) is 1. The molecule has 0 aromatic carbocycles. The van der Waals surface area contributed by atoms with Gasteiger partial charge in [0.05, 0.1) is 6.61 Å². The lowest BCUT2D eigenvalue weighted by atomic mass is 10.1. The SMILES string of the molecule is C.Nc1ccn([C@@H]2O[C@H](CO)[C@@H](O)[C@H]2O)c(=O)n1. The standard InChI is InChI=1S/C9H13N3O5.CH4/c10-5-1-2-12(9(16)11-5)8-7(15)6(14)4(3-13)17-8;/h1-2,4,6-8,13-15H,3H2,(H2,10,11,16);1H4/t4-,6-,7-,8-;/m1./s1. The van der Waals surface area contributed by atoms with Crippen LogP contribution in [0.3, 0.4) is 0 Å². The molecule has 0 unspecified atom stereocenters. The molecule has 0 amide bonds. The maximum absolute atomic E-state index is 11.5. The molecule has 102 valence electrons. The highest BCUT2D eigenvalue weighted by Crippen LogP contribution is 2.27. The Morgan fingerprint density at radius 1 is 1.44 bits per heavy atom. The summed E-state index contributed by atoms with van der Waals surface area (Å²) in [6.07, 6.45) is -3.27. The highest BCUT2D eigenvalue weighted by molar-refractivity contribution is 5.23. The monoisotopic (exact) mass is 259 g/mol. The normalized spacial score (nSPS) is 31.1. The van der Waals surface area contributed by atoms with Crippen LogP contribution in [0.15, 0.2) is 17.1 Å². The van der Waals surface area contributed by atoms with Gasteiger partial charge in [-0.15, -0.1) is 0 Å². The van der Waals surface area contributed by atoms with E-state index in [1.807, 2.05) is 0 Å². The molecule has 18 heavy (non-hydrogen) atoms. The first kappa shape index (κ1) is 14.6. The van der Waals surface area contributed by atoms with E-state index in [9.17, 15) is 15.0 Å². The molecule has 8 heteroatoms. The van der Waals surface area contributed by atoms with Gasteiger partial charge in [0, 0.05) is 6.20 Å². The molecule has 2 rings (SSSR count). The molecule has 5 N–H and O–H groups in total. The maximum Gasteiger partial charge on any atom is 0.351 e. The van der Waals surface area contributed by atoms with Gasteiger partial charge in [-0.1, -0.05) is 7.43 Å². The minimum Gasteiger partial charge on any atom is -0.394 e. The summed E-state index contributed by atoms with van der Waals surface area (Å²) in [5.41, 5.74) is 4.63. The van der Waals surface area contributed by atoms with Crippen LogP contribution in [0.1, 0.15) is 13.7 Å². The molecular weight excluding hydrogens is 242 g/mol. The predicted octanol–water partition coefficient (Wildman–Crippen LogP) is -1.93. The average Bonchev–Trinajstić information content (AvgIpc) is 2.57. The van der Waals surface area contributed by atoms with E-state index in [1.54, 1.807) is 0 Å². The van der Waals surface area contributed by atoms with Crippen molar-refractivity contribution in [3.63, 3.8) is 0 Å². The van der Waals surface area contributed by atoms with Gasteiger partial charge in [0.2, 0.25) is 0 Å². The molecule has 0 bridgehead atoms. The molecule has 0 saturated carbocycles. The third-order valence-electron chi connectivity index (χ3n) is 2.64. The summed E-state index contributed by atoms with van der Waals surface area (Å²) in [5.74, 6) is 0.0537. The Labute approximate surface area is 103 Å². The number of aliphatic hydroxyl groups excluding tert-OH is 3. The van der Waals surface area contributed by atoms with Crippen LogP contribution in [0.4, 0.5) is 5.82 Å². The Morgan fingerprint density at radius 3 is 2.61 bits per heavy atom. The largest absolute Gasteiger partial charge is 0.394 e. The number of ether oxygens (including phenoxy) is 1. The molecule has 1 saturated heterocycles. The number of aromatic nitrogens is 2. The average molecular weight is 259 g/mol. The number of hydrogen-bond donors (Lipinski definition) is 4. The van der Waals surface area contributed by atoms with E-state index >= 15 is 0 Å². The van der Waals surface area contributed by atoms with Crippen molar-refractivity contribution >= 4 is 5.82 Å². The Hall–Kier alpha value is -1.48. The predicted molar refractivity (Wildman–Crippen MR) is 62.6 cm³/mol. The van der Waals surface area contributed by atoms with Crippen molar-refractivity contribution in [1.29, 1.82) is 0 Å². The Kier molecular flexibility index (Phi) is 4.41. The number of nitrogen functional groups attached to an aromatic ring is 1. The van der Waals surface area contributed by atoms with Crippen molar-refractivity contribution < 1.29 is 20.1 Å². The van der Waals surface area contributed by atoms with E-state index in [-0.39, 0.29) is 13.2 Å². The van der Waals surface area contributed by atoms with E-state index in [4.69, 9.17) is 15.6 Å². The summed E-state index contributed by atoms with van der Waals surface area (Å²) in [6, 6.07) is 1.37. The first-order valence-corrected chi connectivity index (χ1v) is 5.01. The number of hydrogen-bond acceptors (Lipinski definition) is 7. The molecule has 1 fully saturated rings. The van der Waals surface area contributed by atoms with Crippen molar-refractivity contribution in [2.45, 2.75) is 32.0 Å². The van der Waals surface area contributed by atoms with E-state index in [0.29, 0.717) is 0 Å². The summed E-state index contributed by atoms with van der Waals surface area (Å²) in [4.78, 5) is 15.0. The lowest BCUT2D eigenvalue weighted by molar-refractivity contribution is -0.0549. The van der Waals surface area contributed by atoms with Gasteiger partial charge in [-0.2, -0.15) is 4.98 Å². The molecule has 1 aliphatic rings. The molecular formula is C10H17N3O5. The van der Waals surface area contributed by atoms with Crippen molar-refractivity contribution in [3.8, 4) is 0 Å². The third kappa shape index (κ3) is 2.36. The molecule has 1 aromatic heterocycles. The quantitative estimate of drug-likeness (QED) is 0.486. The first-order valence-electron chi connectivity index (χ1n) is 5.01. The lowest BCUT2D eigenvalue weighted by Gasteiger charge is -2.16. The summed E-state index contributed by atoms with van der Waals surface area (Å²) >= 11 is 0. The minimum atomic E-state index is -1.31. The van der Waals surface area contributed by atoms with E-state index in [2.05, 4.69) is 4.98 Å². The Bertz CT molecular complexity index is 463. The fraction of sp³-hybridized carbons (Fsp3) is 0.600.